The quantitative estimate of drug-likeness (QED) is 0.562. The zero-order chi connectivity index (χ0) is 10.7. The number of aliphatic hydroxyl groups is 1. The molecule has 81 valence electrons. The number of hydrogen-bond donors (Lipinski definition) is 2. The Labute approximate surface area is 95.3 Å². The van der Waals surface area contributed by atoms with Crippen molar-refractivity contribution in [3.63, 3.8) is 0 Å². The maximum atomic E-state index is 9.07. The van der Waals surface area contributed by atoms with E-state index in [9.17, 15) is 0 Å². The van der Waals surface area contributed by atoms with Gasteiger partial charge in [-0.25, -0.2) is 5.32 Å². The Morgan fingerprint density at radius 1 is 1.60 bits per heavy atom. The summed E-state index contributed by atoms with van der Waals surface area (Å²) in [5, 5.41) is 16.8. The fourth-order valence-corrected chi connectivity index (χ4v) is 2.30. The lowest BCUT2D eigenvalue weighted by Crippen LogP contribution is -2.17. The average molecular weight is 223 g/mol. The Morgan fingerprint density at radius 3 is 3.13 bits per heavy atom. The topological polar surface area (TPSA) is 46.4 Å². The van der Waals surface area contributed by atoms with Crippen LogP contribution in [0, 0.1) is 5.92 Å². The summed E-state index contributed by atoms with van der Waals surface area (Å²) in [7, 11) is 0. The lowest BCUT2D eigenvalue weighted by atomic mass is 9.86. The van der Waals surface area contributed by atoms with Gasteiger partial charge < -0.3 is 10.4 Å². The molecule has 1 radical (unpaired) electrons. The normalized spacial score (nSPS) is 25.4. The van der Waals surface area contributed by atoms with Crippen LogP contribution in [0.25, 0.3) is 0 Å². The molecule has 2 rings (SSSR count). The van der Waals surface area contributed by atoms with Crippen LogP contribution in [0.4, 0.5) is 0 Å². The van der Waals surface area contributed by atoms with Crippen molar-refractivity contribution < 1.29 is 5.11 Å². The molecular weight excluding hydrogens is 208 g/mol. The molecule has 1 atom stereocenters. The van der Waals surface area contributed by atoms with Crippen molar-refractivity contribution in [1.29, 1.82) is 0 Å². The smallest absolute Gasteiger partial charge is 0.197 e. The van der Waals surface area contributed by atoms with Gasteiger partial charge >= 0.3 is 0 Å². The number of hydrogen-bond acceptors (Lipinski definition) is 2. The van der Waals surface area contributed by atoms with Crippen molar-refractivity contribution in [2.75, 3.05) is 6.61 Å². The second-order valence-corrected chi connectivity index (χ2v) is 4.46. The largest absolute Gasteiger partial charge is 0.392 e. The van der Waals surface area contributed by atoms with Crippen LogP contribution in [0.2, 0.25) is 0 Å². The lowest BCUT2D eigenvalue weighted by molar-refractivity contribution is 0.310. The van der Waals surface area contributed by atoms with Crippen molar-refractivity contribution >= 4 is 17.3 Å². The summed E-state index contributed by atoms with van der Waals surface area (Å²) in [4.78, 5) is 0. The Morgan fingerprint density at radius 2 is 2.47 bits per heavy atom. The van der Waals surface area contributed by atoms with Gasteiger partial charge in [0.15, 0.2) is 5.11 Å². The highest BCUT2D eigenvalue weighted by molar-refractivity contribution is 7.80. The molecule has 0 amide bonds. The minimum absolute atomic E-state index is 0.198. The highest BCUT2D eigenvalue weighted by Crippen LogP contribution is 2.28. The molecule has 4 heteroatoms. The van der Waals surface area contributed by atoms with Gasteiger partial charge in [0, 0.05) is 6.20 Å². The van der Waals surface area contributed by atoms with Crippen molar-refractivity contribution in [2.24, 2.45) is 5.92 Å². The van der Waals surface area contributed by atoms with Gasteiger partial charge in [-0.1, -0.05) is 6.08 Å². The molecule has 2 N–H and O–H groups in total. The van der Waals surface area contributed by atoms with Gasteiger partial charge in [-0.15, -0.1) is 0 Å². The van der Waals surface area contributed by atoms with Crippen LogP contribution in [0.15, 0.2) is 23.5 Å². The van der Waals surface area contributed by atoms with E-state index < -0.39 is 0 Å². The van der Waals surface area contributed by atoms with Crippen molar-refractivity contribution in [3.8, 4) is 0 Å². The summed E-state index contributed by atoms with van der Waals surface area (Å²) in [5.74, 6) is 0.606. The second kappa shape index (κ2) is 4.77. The van der Waals surface area contributed by atoms with Crippen molar-refractivity contribution in [1.82, 2.24) is 10.6 Å². The minimum Gasteiger partial charge on any atom is -0.392 e. The van der Waals surface area contributed by atoms with Crippen LogP contribution in [-0.4, -0.2) is 16.8 Å². The first-order valence-corrected chi connectivity index (χ1v) is 5.69. The van der Waals surface area contributed by atoms with Gasteiger partial charge in [0.2, 0.25) is 0 Å². The van der Waals surface area contributed by atoms with Crippen LogP contribution in [0.1, 0.15) is 25.7 Å². The van der Waals surface area contributed by atoms with E-state index in [1.807, 2.05) is 6.20 Å². The molecule has 1 unspecified atom stereocenters. The molecule has 3 nitrogen and oxygen atoms in total. The first kappa shape index (κ1) is 10.6. The summed E-state index contributed by atoms with van der Waals surface area (Å²) in [6.45, 7) is 0.198. The van der Waals surface area contributed by atoms with Crippen LogP contribution >= 0.6 is 12.2 Å². The summed E-state index contributed by atoms with van der Waals surface area (Å²) < 4.78 is 0. The molecule has 2 aliphatic rings. The standard InChI is InChI=1S/C11H15N2OS/c14-7-9-3-1-2-8(4-9)5-10-6-12-11(15)13-10/h3,6,8,14H,1-2,4-5,7H2,(H,12,15). The molecular formula is C11H15N2OS. The lowest BCUT2D eigenvalue weighted by Gasteiger charge is -2.21. The van der Waals surface area contributed by atoms with Crippen LogP contribution in [0.3, 0.4) is 0 Å². The Kier molecular flexibility index (Phi) is 3.38. The van der Waals surface area contributed by atoms with Crippen LogP contribution in [0.5, 0.6) is 0 Å². The molecule has 0 aromatic heterocycles. The molecule has 0 aromatic carbocycles. The summed E-state index contributed by atoms with van der Waals surface area (Å²) in [6, 6.07) is 0. The molecule has 1 aliphatic heterocycles. The van der Waals surface area contributed by atoms with Crippen LogP contribution in [-0.2, 0) is 0 Å². The fourth-order valence-electron chi connectivity index (χ4n) is 2.12. The maximum Gasteiger partial charge on any atom is 0.197 e. The molecule has 1 heterocycles. The Balaban J connectivity index is 1.86. The molecule has 1 aliphatic carbocycles. The van der Waals surface area contributed by atoms with E-state index in [4.69, 9.17) is 17.3 Å². The van der Waals surface area contributed by atoms with E-state index in [0.29, 0.717) is 11.0 Å². The summed E-state index contributed by atoms with van der Waals surface area (Å²) in [5.41, 5.74) is 2.21. The highest BCUT2D eigenvalue weighted by Gasteiger charge is 2.19. The van der Waals surface area contributed by atoms with Gasteiger partial charge in [0.1, 0.15) is 0 Å². The molecule has 15 heavy (non-hydrogen) atoms. The first-order chi connectivity index (χ1) is 7.28. The van der Waals surface area contributed by atoms with Gasteiger partial charge in [0.25, 0.3) is 0 Å². The molecule has 0 fully saturated rings. The van der Waals surface area contributed by atoms with E-state index in [1.165, 1.54) is 12.0 Å². The molecule has 0 saturated heterocycles. The van der Waals surface area contributed by atoms with E-state index in [-0.39, 0.29) is 6.61 Å². The fraction of sp³-hybridized carbons (Fsp3) is 0.545. The van der Waals surface area contributed by atoms with E-state index >= 15 is 0 Å². The zero-order valence-corrected chi connectivity index (χ0v) is 9.39. The zero-order valence-electron chi connectivity index (χ0n) is 8.57. The first-order valence-electron chi connectivity index (χ1n) is 5.28. The third-order valence-electron chi connectivity index (χ3n) is 2.87. The van der Waals surface area contributed by atoms with Crippen molar-refractivity contribution in [3.05, 3.63) is 23.5 Å². The summed E-state index contributed by atoms with van der Waals surface area (Å²) in [6.07, 6.45) is 8.26. The molecule has 0 bridgehead atoms. The third-order valence-corrected chi connectivity index (χ3v) is 3.08. The Bertz CT molecular complexity index is 323. The highest BCUT2D eigenvalue weighted by atomic mass is 32.1. The van der Waals surface area contributed by atoms with E-state index in [0.717, 1.165) is 25.0 Å². The SMILES string of the molecule is OCC1=CCCC(CC2=CNC(=S)[N]2)C1. The number of nitrogens with one attached hydrogen (secondary N) is 1. The molecule has 0 spiro atoms. The van der Waals surface area contributed by atoms with E-state index in [1.54, 1.807) is 0 Å². The van der Waals surface area contributed by atoms with Gasteiger partial charge in [0.05, 0.1) is 12.3 Å². The minimum atomic E-state index is 0.198. The second-order valence-electron chi connectivity index (χ2n) is 4.07. The average Bonchev–Trinajstić information content (AvgIpc) is 2.64. The van der Waals surface area contributed by atoms with Gasteiger partial charge in [-0.3, -0.25) is 0 Å². The third kappa shape index (κ3) is 2.79. The predicted molar refractivity (Wildman–Crippen MR) is 63.1 cm³/mol. The molecule has 0 saturated carbocycles. The molecule has 0 aromatic rings. The van der Waals surface area contributed by atoms with Gasteiger partial charge in [-0.05, 0) is 49.4 Å². The number of aliphatic hydroxyl groups excluding tert-OH is 1. The Hall–Kier alpha value is -0.870. The summed E-state index contributed by atoms with van der Waals surface area (Å²) >= 11 is 4.93. The van der Waals surface area contributed by atoms with Gasteiger partial charge in [-0.2, -0.15) is 0 Å². The number of thiocarbonyl (C=S) groups is 1. The predicted octanol–water partition coefficient (Wildman–Crippen LogP) is 1.43. The number of allylic oxidation sites excluding steroid dienone is 2. The maximum absolute atomic E-state index is 9.07. The monoisotopic (exact) mass is 223 g/mol. The van der Waals surface area contributed by atoms with Crippen LogP contribution < -0.4 is 10.6 Å². The number of rotatable bonds is 3. The van der Waals surface area contributed by atoms with E-state index in [2.05, 4.69) is 16.7 Å². The van der Waals surface area contributed by atoms with Crippen molar-refractivity contribution in [2.45, 2.75) is 25.7 Å². The number of nitrogens with zero attached hydrogens (tertiary/aromatic N) is 1.